The van der Waals surface area contributed by atoms with E-state index in [0.29, 0.717) is 0 Å². The summed E-state index contributed by atoms with van der Waals surface area (Å²) in [5.74, 6) is -2.76. The molecular weight excluding hydrogens is 184 g/mol. The number of hydrogen-bond donors (Lipinski definition) is 0. The van der Waals surface area contributed by atoms with Crippen molar-refractivity contribution >= 4 is 0 Å². The topological polar surface area (TPSA) is 23.8 Å². The first-order valence-corrected chi connectivity index (χ1v) is 4.44. The Bertz CT molecular complexity index is 335. The van der Waals surface area contributed by atoms with Gasteiger partial charge in [-0.3, -0.25) is 0 Å². The first-order valence-electron chi connectivity index (χ1n) is 4.44. The van der Waals surface area contributed by atoms with Crippen LogP contribution in [0.1, 0.15) is 24.5 Å². The molecule has 0 saturated carbocycles. The molecule has 1 aromatic carbocycles. The summed E-state index contributed by atoms with van der Waals surface area (Å²) in [7, 11) is 0. The van der Waals surface area contributed by atoms with Crippen LogP contribution >= 0.6 is 0 Å². The number of rotatable bonds is 3. The number of benzene rings is 1. The Morgan fingerprint density at radius 1 is 1.29 bits per heavy atom. The van der Waals surface area contributed by atoms with E-state index in [1.807, 2.05) is 6.07 Å². The Labute approximate surface area is 82.0 Å². The molecule has 0 saturated heterocycles. The zero-order chi connectivity index (χ0) is 10.6. The summed E-state index contributed by atoms with van der Waals surface area (Å²) < 4.78 is 26.3. The third-order valence-electron chi connectivity index (χ3n) is 2.10. The second-order valence-corrected chi connectivity index (χ2v) is 3.09. The van der Waals surface area contributed by atoms with Crippen molar-refractivity contribution in [2.24, 2.45) is 0 Å². The first kappa shape index (κ1) is 10.6. The summed E-state index contributed by atoms with van der Waals surface area (Å²) in [5.41, 5.74) is 0.782. The molecule has 0 unspecified atom stereocenters. The molecule has 0 aliphatic carbocycles. The minimum absolute atomic E-state index is 0.0155. The second-order valence-electron chi connectivity index (χ2n) is 3.09. The fourth-order valence-corrected chi connectivity index (χ4v) is 1.16. The lowest BCUT2D eigenvalue weighted by atomic mass is 10.0. The smallest absolute Gasteiger partial charge is 0.201 e. The molecule has 0 atom stereocenters. The molecular formula is C11H11F2N. The highest BCUT2D eigenvalue weighted by molar-refractivity contribution is 5.27. The molecule has 0 aliphatic rings. The molecule has 0 aromatic heterocycles. The van der Waals surface area contributed by atoms with E-state index in [4.69, 9.17) is 5.26 Å². The van der Waals surface area contributed by atoms with Crippen molar-refractivity contribution < 1.29 is 8.78 Å². The largest absolute Gasteiger partial charge is 0.273 e. The van der Waals surface area contributed by atoms with E-state index in [-0.39, 0.29) is 18.4 Å². The van der Waals surface area contributed by atoms with Crippen LogP contribution < -0.4 is 0 Å². The minimum Gasteiger partial charge on any atom is -0.201 e. The lowest BCUT2D eigenvalue weighted by molar-refractivity contribution is -0.00829. The predicted molar refractivity (Wildman–Crippen MR) is 49.9 cm³/mol. The van der Waals surface area contributed by atoms with E-state index >= 15 is 0 Å². The summed E-state index contributed by atoms with van der Waals surface area (Å²) >= 11 is 0. The number of alkyl halides is 2. The minimum atomic E-state index is -2.76. The Kier molecular flexibility index (Phi) is 3.19. The van der Waals surface area contributed by atoms with E-state index in [2.05, 4.69) is 0 Å². The van der Waals surface area contributed by atoms with Gasteiger partial charge < -0.3 is 0 Å². The van der Waals surface area contributed by atoms with Gasteiger partial charge in [0.1, 0.15) is 0 Å². The number of nitrogens with zero attached hydrogens (tertiary/aromatic N) is 1. The molecule has 0 radical (unpaired) electrons. The van der Waals surface area contributed by atoms with Gasteiger partial charge in [0.05, 0.1) is 12.5 Å². The molecule has 0 spiro atoms. The normalized spacial score (nSPS) is 11.0. The van der Waals surface area contributed by atoms with Crippen LogP contribution in [0.4, 0.5) is 8.78 Å². The lowest BCUT2D eigenvalue weighted by Crippen LogP contribution is -2.11. The molecule has 0 fully saturated rings. The van der Waals surface area contributed by atoms with Crippen LogP contribution in [0, 0.1) is 11.3 Å². The van der Waals surface area contributed by atoms with Gasteiger partial charge in [-0.05, 0) is 5.56 Å². The fraction of sp³-hybridized carbons (Fsp3) is 0.364. The predicted octanol–water partition coefficient (Wildman–Crippen LogP) is 3.25. The van der Waals surface area contributed by atoms with Crippen molar-refractivity contribution in [2.45, 2.75) is 25.7 Å². The molecule has 1 nitrogen and oxygen atoms in total. The fourth-order valence-electron chi connectivity index (χ4n) is 1.16. The van der Waals surface area contributed by atoms with Gasteiger partial charge in [0.25, 0.3) is 5.92 Å². The lowest BCUT2D eigenvalue weighted by Gasteiger charge is -2.14. The number of halogens is 2. The molecule has 3 heteroatoms. The standard InChI is InChI=1S/C11H11F2N/c1-2-11(12,13)10-5-3-9(4-6-10)7-8-14/h3-6H,2,7H2,1H3. The SMILES string of the molecule is CCC(F)(F)c1ccc(CC#N)cc1. The highest BCUT2D eigenvalue weighted by Gasteiger charge is 2.28. The molecule has 0 heterocycles. The van der Waals surface area contributed by atoms with Crippen molar-refractivity contribution in [3.05, 3.63) is 35.4 Å². The first-order chi connectivity index (χ1) is 6.60. The van der Waals surface area contributed by atoms with Gasteiger partial charge >= 0.3 is 0 Å². The molecule has 0 amide bonds. The van der Waals surface area contributed by atoms with Crippen molar-refractivity contribution in [3.63, 3.8) is 0 Å². The summed E-state index contributed by atoms with van der Waals surface area (Å²) in [5, 5.41) is 8.40. The van der Waals surface area contributed by atoms with Crippen LogP contribution in [0.25, 0.3) is 0 Å². The molecule has 0 N–H and O–H groups in total. The summed E-state index contributed by atoms with van der Waals surface area (Å²) in [6, 6.07) is 7.88. The Balaban J connectivity index is 2.89. The van der Waals surface area contributed by atoms with Gasteiger partial charge in [-0.2, -0.15) is 5.26 Å². The second kappa shape index (κ2) is 4.19. The Hall–Kier alpha value is -1.43. The van der Waals surface area contributed by atoms with Gasteiger partial charge in [-0.25, -0.2) is 8.78 Å². The van der Waals surface area contributed by atoms with E-state index in [9.17, 15) is 8.78 Å². The van der Waals surface area contributed by atoms with Crippen molar-refractivity contribution in [1.82, 2.24) is 0 Å². The van der Waals surface area contributed by atoms with E-state index in [1.54, 1.807) is 12.1 Å². The summed E-state index contributed by atoms with van der Waals surface area (Å²) in [6.07, 6.45) is 0.0581. The van der Waals surface area contributed by atoms with Gasteiger partial charge in [-0.15, -0.1) is 0 Å². The maximum absolute atomic E-state index is 13.1. The molecule has 74 valence electrons. The van der Waals surface area contributed by atoms with Crippen molar-refractivity contribution in [3.8, 4) is 6.07 Å². The van der Waals surface area contributed by atoms with Gasteiger partial charge in [0, 0.05) is 12.0 Å². The van der Waals surface area contributed by atoms with Crippen LogP contribution in [-0.4, -0.2) is 0 Å². The molecule has 0 bridgehead atoms. The zero-order valence-electron chi connectivity index (χ0n) is 7.93. The number of hydrogen-bond acceptors (Lipinski definition) is 1. The van der Waals surface area contributed by atoms with Crippen LogP contribution in [0.3, 0.4) is 0 Å². The van der Waals surface area contributed by atoms with Gasteiger partial charge in [0.15, 0.2) is 0 Å². The van der Waals surface area contributed by atoms with Crippen LogP contribution in [0.2, 0.25) is 0 Å². The Morgan fingerprint density at radius 3 is 2.29 bits per heavy atom. The molecule has 0 aliphatic heterocycles. The Morgan fingerprint density at radius 2 is 1.86 bits per heavy atom. The number of nitriles is 1. The average Bonchev–Trinajstić information content (AvgIpc) is 2.19. The van der Waals surface area contributed by atoms with Crippen molar-refractivity contribution in [1.29, 1.82) is 5.26 Å². The van der Waals surface area contributed by atoms with Gasteiger partial charge in [-0.1, -0.05) is 31.2 Å². The highest BCUT2D eigenvalue weighted by atomic mass is 19.3. The average molecular weight is 195 g/mol. The maximum atomic E-state index is 13.1. The maximum Gasteiger partial charge on any atom is 0.273 e. The van der Waals surface area contributed by atoms with Crippen molar-refractivity contribution in [2.75, 3.05) is 0 Å². The van der Waals surface area contributed by atoms with Crippen LogP contribution in [-0.2, 0) is 12.3 Å². The molecule has 14 heavy (non-hydrogen) atoms. The quantitative estimate of drug-likeness (QED) is 0.726. The van der Waals surface area contributed by atoms with Gasteiger partial charge in [0.2, 0.25) is 0 Å². The summed E-state index contributed by atoms with van der Waals surface area (Å²) in [6.45, 7) is 1.45. The molecule has 1 rings (SSSR count). The van der Waals surface area contributed by atoms with Crippen LogP contribution in [0.15, 0.2) is 24.3 Å². The molecule has 1 aromatic rings. The van der Waals surface area contributed by atoms with E-state index in [0.717, 1.165) is 5.56 Å². The highest BCUT2D eigenvalue weighted by Crippen LogP contribution is 2.31. The third-order valence-corrected chi connectivity index (χ3v) is 2.10. The zero-order valence-corrected chi connectivity index (χ0v) is 7.93. The van der Waals surface area contributed by atoms with E-state index < -0.39 is 5.92 Å². The monoisotopic (exact) mass is 195 g/mol. The van der Waals surface area contributed by atoms with E-state index in [1.165, 1.54) is 19.1 Å². The third kappa shape index (κ3) is 2.29. The summed E-state index contributed by atoms with van der Waals surface area (Å²) in [4.78, 5) is 0. The van der Waals surface area contributed by atoms with Crippen LogP contribution in [0.5, 0.6) is 0 Å².